The molecule has 168 valence electrons. The number of rotatable bonds is 7. The zero-order valence-electron chi connectivity index (χ0n) is 17.5. The first-order valence-corrected chi connectivity index (χ1v) is 11.4. The van der Waals surface area contributed by atoms with E-state index in [0.717, 1.165) is 5.56 Å². The Labute approximate surface area is 180 Å². The van der Waals surface area contributed by atoms with E-state index in [1.165, 1.54) is 28.6 Å². The topological polar surface area (TPSA) is 76.2 Å². The lowest BCUT2D eigenvalue weighted by atomic mass is 10.00. The molecule has 0 spiro atoms. The van der Waals surface area contributed by atoms with Gasteiger partial charge in [-0.05, 0) is 54.3 Å². The van der Waals surface area contributed by atoms with Gasteiger partial charge in [-0.25, -0.2) is 8.42 Å². The number of anilines is 1. The summed E-state index contributed by atoms with van der Waals surface area (Å²) in [6.07, 6.45) is 2.54. The Morgan fingerprint density at radius 2 is 1.94 bits per heavy atom. The average molecular weight is 454 g/mol. The molecule has 0 fully saturated rings. The first kappa shape index (κ1) is 22.8. The van der Waals surface area contributed by atoms with Crippen molar-refractivity contribution in [2.24, 2.45) is 0 Å². The molecule has 2 aromatic carbocycles. The Kier molecular flexibility index (Phi) is 6.68. The molecule has 2 aromatic rings. The van der Waals surface area contributed by atoms with Gasteiger partial charge in [0.1, 0.15) is 0 Å². The average Bonchev–Trinajstić information content (AvgIpc) is 2.72. The fourth-order valence-electron chi connectivity index (χ4n) is 3.61. The van der Waals surface area contributed by atoms with E-state index < -0.39 is 16.6 Å². The number of alkyl halides is 2. The van der Waals surface area contributed by atoms with Crippen molar-refractivity contribution in [1.82, 2.24) is 4.90 Å². The maximum absolute atomic E-state index is 12.9. The fourth-order valence-corrected chi connectivity index (χ4v) is 4.61. The SMILES string of the molecule is COc1cc(CN(C)C(=O)c2ccc3c(c2)CCCN3S(C)(=O)=O)ccc1OC(F)F. The molecule has 1 aliphatic heterocycles. The Hall–Kier alpha value is -2.88. The summed E-state index contributed by atoms with van der Waals surface area (Å²) in [6.45, 7) is -2.32. The first-order valence-electron chi connectivity index (χ1n) is 9.58. The van der Waals surface area contributed by atoms with Crippen LogP contribution in [-0.2, 0) is 23.0 Å². The number of carbonyl (C=O) groups excluding carboxylic acids is 1. The van der Waals surface area contributed by atoms with Crippen molar-refractivity contribution in [2.75, 3.05) is 31.3 Å². The summed E-state index contributed by atoms with van der Waals surface area (Å²) >= 11 is 0. The van der Waals surface area contributed by atoms with Gasteiger partial charge in [0.05, 0.1) is 19.1 Å². The summed E-state index contributed by atoms with van der Waals surface area (Å²) < 4.78 is 59.8. The Balaban J connectivity index is 1.78. The van der Waals surface area contributed by atoms with Gasteiger partial charge >= 0.3 is 6.61 Å². The molecule has 0 saturated carbocycles. The monoisotopic (exact) mass is 454 g/mol. The van der Waals surface area contributed by atoms with Gasteiger partial charge in [0, 0.05) is 25.7 Å². The van der Waals surface area contributed by atoms with Gasteiger partial charge in [0.25, 0.3) is 5.91 Å². The van der Waals surface area contributed by atoms with Crippen LogP contribution in [0, 0.1) is 0 Å². The number of benzene rings is 2. The zero-order chi connectivity index (χ0) is 22.8. The summed E-state index contributed by atoms with van der Waals surface area (Å²) in [5.41, 5.74) is 2.54. The number of aryl methyl sites for hydroxylation is 1. The molecule has 0 saturated heterocycles. The minimum Gasteiger partial charge on any atom is -0.493 e. The number of carbonyl (C=O) groups is 1. The number of nitrogens with zero attached hydrogens (tertiary/aromatic N) is 2. The lowest BCUT2D eigenvalue weighted by Gasteiger charge is -2.29. The molecule has 0 aromatic heterocycles. The normalized spacial score (nSPS) is 13.7. The van der Waals surface area contributed by atoms with Crippen LogP contribution in [0.15, 0.2) is 36.4 Å². The minimum absolute atomic E-state index is 0.0830. The highest BCUT2D eigenvalue weighted by Crippen LogP contribution is 2.31. The number of halogens is 2. The summed E-state index contributed by atoms with van der Waals surface area (Å²) in [6, 6.07) is 9.50. The van der Waals surface area contributed by atoms with Gasteiger partial charge < -0.3 is 14.4 Å². The quantitative estimate of drug-likeness (QED) is 0.642. The van der Waals surface area contributed by atoms with Crippen molar-refractivity contribution in [3.8, 4) is 11.5 Å². The van der Waals surface area contributed by atoms with Gasteiger partial charge in [0.2, 0.25) is 10.0 Å². The molecule has 0 bridgehead atoms. The van der Waals surface area contributed by atoms with Gasteiger partial charge in [-0.15, -0.1) is 0 Å². The summed E-state index contributed by atoms with van der Waals surface area (Å²) in [7, 11) is -0.406. The van der Waals surface area contributed by atoms with Crippen LogP contribution in [0.25, 0.3) is 0 Å². The number of amides is 1. The molecule has 0 atom stereocenters. The largest absolute Gasteiger partial charge is 0.493 e. The number of hydrogen-bond donors (Lipinski definition) is 0. The number of hydrogen-bond acceptors (Lipinski definition) is 5. The number of ether oxygens (including phenoxy) is 2. The molecule has 1 aliphatic rings. The van der Waals surface area contributed by atoms with Crippen LogP contribution in [0.1, 0.15) is 27.9 Å². The maximum atomic E-state index is 12.9. The predicted molar refractivity (Wildman–Crippen MR) is 112 cm³/mol. The third-order valence-electron chi connectivity index (χ3n) is 5.01. The zero-order valence-corrected chi connectivity index (χ0v) is 18.3. The molecule has 3 rings (SSSR count). The predicted octanol–water partition coefficient (Wildman–Crippen LogP) is 3.28. The van der Waals surface area contributed by atoms with Gasteiger partial charge in [-0.3, -0.25) is 9.10 Å². The maximum Gasteiger partial charge on any atom is 0.387 e. The van der Waals surface area contributed by atoms with Gasteiger partial charge in [-0.1, -0.05) is 6.07 Å². The second kappa shape index (κ2) is 9.09. The highest BCUT2D eigenvalue weighted by molar-refractivity contribution is 7.92. The van der Waals surface area contributed by atoms with E-state index in [0.29, 0.717) is 36.2 Å². The number of methoxy groups -OCH3 is 1. The van der Waals surface area contributed by atoms with Gasteiger partial charge in [0.15, 0.2) is 11.5 Å². The van der Waals surface area contributed by atoms with Crippen molar-refractivity contribution < 1.29 is 31.5 Å². The molecule has 0 N–H and O–H groups in total. The van der Waals surface area contributed by atoms with Gasteiger partial charge in [-0.2, -0.15) is 8.78 Å². The lowest BCUT2D eigenvalue weighted by molar-refractivity contribution is -0.0512. The van der Waals surface area contributed by atoms with Crippen LogP contribution >= 0.6 is 0 Å². The summed E-state index contributed by atoms with van der Waals surface area (Å²) in [4.78, 5) is 14.4. The molecule has 0 radical (unpaired) electrons. The molecule has 0 aliphatic carbocycles. The van der Waals surface area contributed by atoms with Crippen molar-refractivity contribution in [1.29, 1.82) is 0 Å². The molecule has 7 nitrogen and oxygen atoms in total. The number of fused-ring (bicyclic) bond motifs is 1. The Morgan fingerprint density at radius 3 is 2.58 bits per heavy atom. The van der Waals surface area contributed by atoms with Crippen molar-refractivity contribution in [3.63, 3.8) is 0 Å². The van der Waals surface area contributed by atoms with Crippen LogP contribution in [0.3, 0.4) is 0 Å². The third-order valence-corrected chi connectivity index (χ3v) is 6.19. The molecule has 0 unspecified atom stereocenters. The van der Waals surface area contributed by atoms with Crippen LogP contribution in [0.2, 0.25) is 0 Å². The van der Waals surface area contributed by atoms with Crippen molar-refractivity contribution in [3.05, 3.63) is 53.1 Å². The van der Waals surface area contributed by atoms with E-state index >= 15 is 0 Å². The van der Waals surface area contributed by atoms with Crippen LogP contribution < -0.4 is 13.8 Å². The third kappa shape index (κ3) is 5.25. The van der Waals surface area contributed by atoms with Crippen LogP contribution in [0.4, 0.5) is 14.5 Å². The summed E-state index contributed by atoms with van der Waals surface area (Å²) in [5, 5.41) is 0. The lowest BCUT2D eigenvalue weighted by Crippen LogP contribution is -2.35. The van der Waals surface area contributed by atoms with E-state index in [2.05, 4.69) is 4.74 Å². The van der Waals surface area contributed by atoms with E-state index in [1.54, 1.807) is 37.4 Å². The molecular formula is C21H24F2N2O5S. The smallest absolute Gasteiger partial charge is 0.387 e. The molecule has 1 amide bonds. The standard InChI is InChI=1S/C21H24F2N2O5S/c1-24(13-14-6-9-18(30-21(22)23)19(11-14)29-2)20(26)16-7-8-17-15(12-16)5-4-10-25(17)31(3,27)28/h6-9,11-12,21H,4-5,10,13H2,1-3H3. The van der Waals surface area contributed by atoms with Crippen LogP contribution in [-0.4, -0.2) is 52.8 Å². The summed E-state index contributed by atoms with van der Waals surface area (Å²) in [5.74, 6) is -0.181. The van der Waals surface area contributed by atoms with E-state index in [4.69, 9.17) is 4.74 Å². The highest BCUT2D eigenvalue weighted by Gasteiger charge is 2.25. The second-order valence-electron chi connectivity index (χ2n) is 7.31. The van der Waals surface area contributed by atoms with Crippen LogP contribution in [0.5, 0.6) is 11.5 Å². The second-order valence-corrected chi connectivity index (χ2v) is 9.21. The molecule has 31 heavy (non-hydrogen) atoms. The number of sulfonamides is 1. The minimum atomic E-state index is -3.38. The van der Waals surface area contributed by atoms with Crippen molar-refractivity contribution >= 4 is 21.6 Å². The van der Waals surface area contributed by atoms with E-state index in [1.807, 2.05) is 0 Å². The highest BCUT2D eigenvalue weighted by atomic mass is 32.2. The molecule has 10 heteroatoms. The van der Waals surface area contributed by atoms with E-state index in [9.17, 15) is 22.0 Å². The van der Waals surface area contributed by atoms with Crippen molar-refractivity contribution in [2.45, 2.75) is 26.0 Å². The Bertz CT molecular complexity index is 1080. The fraction of sp³-hybridized carbons (Fsp3) is 0.381. The molecular weight excluding hydrogens is 430 g/mol. The first-order chi connectivity index (χ1) is 14.6. The Morgan fingerprint density at radius 1 is 1.19 bits per heavy atom. The van der Waals surface area contributed by atoms with E-state index in [-0.39, 0.29) is 24.0 Å². The molecule has 1 heterocycles.